The highest BCUT2D eigenvalue weighted by Crippen LogP contribution is 2.29. The number of carbonyl (C=O) groups excluding carboxylic acids is 2. The molecule has 2 aliphatic rings. The van der Waals surface area contributed by atoms with E-state index in [9.17, 15) is 23.1 Å². The van der Waals surface area contributed by atoms with Crippen LogP contribution in [0.15, 0.2) is 35.7 Å². The van der Waals surface area contributed by atoms with Gasteiger partial charge in [-0.25, -0.2) is 18.2 Å². The van der Waals surface area contributed by atoms with Crippen LogP contribution in [0.4, 0.5) is 10.5 Å². The maximum Gasteiger partial charge on any atom is 0.319 e. The van der Waals surface area contributed by atoms with Crippen LogP contribution >= 0.6 is 0 Å². The van der Waals surface area contributed by atoms with E-state index in [4.69, 9.17) is 9.47 Å². The highest BCUT2D eigenvalue weighted by Gasteiger charge is 2.33. The molecular formula is C33H52N6O7S. The number of aryl methyl sites for hydroxylation is 1. The summed E-state index contributed by atoms with van der Waals surface area (Å²) < 4.78 is 42.0. The monoisotopic (exact) mass is 676 g/mol. The fraction of sp³-hybridized carbons (Fsp3) is 0.667. The Labute approximate surface area is 279 Å². The summed E-state index contributed by atoms with van der Waals surface area (Å²) in [7, 11) is -0.669. The number of aliphatic hydroxyl groups is 1. The Morgan fingerprint density at radius 1 is 1.15 bits per heavy atom. The lowest BCUT2D eigenvalue weighted by molar-refractivity contribution is -0.00835. The SMILES string of the molecule is C[C@@H]1CCCCO[C@@H](CN(C)S(=O)(=O)c2cn(C)cn2)[C@H](C)CN([C@H](C)CO)C(=O)c2cc(NC(=O)NC3CCCCC3)ccc2O1. The topological polar surface area (TPSA) is 155 Å². The number of urea groups is 1. The largest absolute Gasteiger partial charge is 0.490 e. The van der Waals surface area contributed by atoms with Gasteiger partial charge in [-0.15, -0.1) is 0 Å². The van der Waals surface area contributed by atoms with Crippen molar-refractivity contribution in [1.82, 2.24) is 24.1 Å². The summed E-state index contributed by atoms with van der Waals surface area (Å²) >= 11 is 0. The lowest BCUT2D eigenvalue weighted by atomic mass is 9.96. The number of hydrogen-bond acceptors (Lipinski definition) is 8. The average molecular weight is 677 g/mol. The fourth-order valence-electron chi connectivity index (χ4n) is 6.10. The van der Waals surface area contributed by atoms with Gasteiger partial charge >= 0.3 is 6.03 Å². The number of hydrogen-bond donors (Lipinski definition) is 3. The molecule has 4 rings (SSSR count). The minimum Gasteiger partial charge on any atom is -0.490 e. The summed E-state index contributed by atoms with van der Waals surface area (Å²) in [5, 5.41) is 16.1. The Morgan fingerprint density at radius 2 is 1.87 bits per heavy atom. The zero-order valence-electron chi connectivity index (χ0n) is 28.4. The molecule has 0 unspecified atom stereocenters. The molecular weight excluding hydrogens is 624 g/mol. The van der Waals surface area contributed by atoms with Gasteiger partial charge in [0.1, 0.15) is 5.75 Å². The highest BCUT2D eigenvalue weighted by atomic mass is 32.2. The molecule has 4 atom stereocenters. The van der Waals surface area contributed by atoms with Gasteiger partial charge in [-0.3, -0.25) is 4.79 Å². The number of fused-ring (bicyclic) bond motifs is 1. The van der Waals surface area contributed by atoms with E-state index in [-0.39, 0.29) is 60.3 Å². The number of aliphatic hydroxyl groups excluding tert-OH is 1. The zero-order chi connectivity index (χ0) is 34.1. The second-order valence-electron chi connectivity index (χ2n) is 13.1. The van der Waals surface area contributed by atoms with Gasteiger partial charge in [0.05, 0.1) is 36.7 Å². The summed E-state index contributed by atoms with van der Waals surface area (Å²) in [6, 6.07) is 4.30. The summed E-state index contributed by atoms with van der Waals surface area (Å²) in [5.41, 5.74) is 0.721. The molecule has 0 spiro atoms. The van der Waals surface area contributed by atoms with Gasteiger partial charge in [0.2, 0.25) is 0 Å². The van der Waals surface area contributed by atoms with Crippen LogP contribution in [0.3, 0.4) is 0 Å². The van der Waals surface area contributed by atoms with Crippen molar-refractivity contribution in [2.75, 3.05) is 38.7 Å². The molecule has 3 N–H and O–H groups in total. The van der Waals surface area contributed by atoms with Crippen LogP contribution in [0, 0.1) is 5.92 Å². The molecule has 0 saturated heterocycles. The third kappa shape index (κ3) is 9.91. The summed E-state index contributed by atoms with van der Waals surface area (Å²) in [4.78, 5) is 32.8. The first-order chi connectivity index (χ1) is 22.4. The number of carbonyl (C=O) groups is 2. The van der Waals surface area contributed by atoms with Crippen molar-refractivity contribution in [3.8, 4) is 5.75 Å². The maximum atomic E-state index is 14.3. The average Bonchev–Trinajstić information content (AvgIpc) is 3.49. The van der Waals surface area contributed by atoms with Crippen LogP contribution in [0.2, 0.25) is 0 Å². The minimum atomic E-state index is -3.87. The first kappa shape index (κ1) is 36.6. The van der Waals surface area contributed by atoms with Gasteiger partial charge in [-0.2, -0.15) is 4.31 Å². The second kappa shape index (κ2) is 16.8. The quantitative estimate of drug-likeness (QED) is 0.379. The van der Waals surface area contributed by atoms with E-state index in [1.807, 2.05) is 13.8 Å². The van der Waals surface area contributed by atoms with Crippen LogP contribution in [-0.2, 0) is 21.8 Å². The van der Waals surface area contributed by atoms with Crippen molar-refractivity contribution in [2.24, 2.45) is 13.0 Å². The Hall–Kier alpha value is -3.20. The summed E-state index contributed by atoms with van der Waals surface area (Å²) in [6.07, 6.45) is 9.67. The van der Waals surface area contributed by atoms with Crippen molar-refractivity contribution in [3.05, 3.63) is 36.3 Å². The van der Waals surface area contributed by atoms with Gasteiger partial charge in [0.15, 0.2) is 5.03 Å². The maximum absolute atomic E-state index is 14.3. The van der Waals surface area contributed by atoms with Crippen LogP contribution in [-0.4, -0.2) is 102 Å². The van der Waals surface area contributed by atoms with Gasteiger partial charge in [0.25, 0.3) is 15.9 Å². The molecule has 13 nitrogen and oxygen atoms in total. The Kier molecular flexibility index (Phi) is 13.1. The minimum absolute atomic E-state index is 0.0515. The lowest BCUT2D eigenvalue weighted by Gasteiger charge is -2.35. The van der Waals surface area contributed by atoms with Gasteiger partial charge < -0.3 is 34.7 Å². The predicted molar refractivity (Wildman–Crippen MR) is 179 cm³/mol. The van der Waals surface area contributed by atoms with Crippen LogP contribution in [0.1, 0.15) is 82.5 Å². The molecule has 1 saturated carbocycles. The molecule has 0 bridgehead atoms. The van der Waals surface area contributed by atoms with Crippen LogP contribution in [0.25, 0.3) is 0 Å². The number of nitrogens with one attached hydrogen (secondary N) is 2. The number of aromatic nitrogens is 2. The highest BCUT2D eigenvalue weighted by molar-refractivity contribution is 7.89. The molecule has 1 aliphatic heterocycles. The van der Waals surface area contributed by atoms with Gasteiger partial charge in [0, 0.05) is 57.6 Å². The van der Waals surface area contributed by atoms with E-state index in [0.29, 0.717) is 24.5 Å². The standard InChI is InChI=1S/C33H52N6O7S/c1-23-18-39(24(2)21-40)32(41)28-17-27(36-33(42)35-26-12-7-6-8-13-26)14-15-29(28)46-25(3)11-9-10-16-45-30(23)19-38(5)47(43,44)31-20-37(4)22-34-31/h14-15,17,20,22-26,30,40H,6-13,16,18-19,21H2,1-5H3,(H2,35,36,42)/t23-,24-,25-,30+/m1/s1. The van der Waals surface area contributed by atoms with Crippen LogP contribution < -0.4 is 15.4 Å². The van der Waals surface area contributed by atoms with Gasteiger partial charge in [-0.05, 0) is 64.2 Å². The van der Waals surface area contributed by atoms with Gasteiger partial charge in [-0.1, -0.05) is 26.2 Å². The van der Waals surface area contributed by atoms with E-state index in [0.717, 1.165) is 38.5 Å². The van der Waals surface area contributed by atoms with E-state index in [2.05, 4.69) is 15.6 Å². The molecule has 2 aromatic rings. The molecule has 14 heteroatoms. The number of likely N-dealkylation sites (N-methyl/N-ethyl adjacent to an activating group) is 1. The Bertz CT molecular complexity index is 1440. The number of ether oxygens (including phenoxy) is 2. The molecule has 262 valence electrons. The number of anilines is 1. The van der Waals surface area contributed by atoms with Crippen molar-refractivity contribution < 1.29 is 32.6 Å². The smallest absolute Gasteiger partial charge is 0.319 e. The summed E-state index contributed by atoms with van der Waals surface area (Å²) in [6.45, 7) is 5.97. The summed E-state index contributed by atoms with van der Waals surface area (Å²) in [5.74, 6) is -0.292. The predicted octanol–water partition coefficient (Wildman–Crippen LogP) is 3.99. The molecule has 1 aliphatic carbocycles. The molecule has 1 aromatic carbocycles. The lowest BCUT2D eigenvalue weighted by Crippen LogP contribution is -2.48. The Balaban J connectivity index is 1.60. The second-order valence-corrected chi connectivity index (χ2v) is 15.1. The molecule has 2 heterocycles. The first-order valence-corrected chi connectivity index (χ1v) is 18.2. The fourth-order valence-corrected chi connectivity index (χ4v) is 7.24. The van der Waals surface area contributed by atoms with Crippen molar-refractivity contribution in [3.63, 3.8) is 0 Å². The van der Waals surface area contributed by atoms with Crippen molar-refractivity contribution >= 4 is 27.6 Å². The third-order valence-electron chi connectivity index (χ3n) is 9.04. The molecule has 0 radical (unpaired) electrons. The molecule has 1 fully saturated rings. The number of rotatable bonds is 8. The van der Waals surface area contributed by atoms with E-state index in [1.165, 1.54) is 30.3 Å². The molecule has 1 aromatic heterocycles. The van der Waals surface area contributed by atoms with E-state index in [1.54, 1.807) is 41.6 Å². The first-order valence-electron chi connectivity index (χ1n) is 16.7. The number of nitrogens with zero attached hydrogens (tertiary/aromatic N) is 4. The number of imidazole rings is 1. The normalized spacial score (nSPS) is 23.0. The van der Waals surface area contributed by atoms with Crippen molar-refractivity contribution in [1.29, 1.82) is 0 Å². The zero-order valence-corrected chi connectivity index (χ0v) is 29.2. The third-order valence-corrected chi connectivity index (χ3v) is 10.8. The number of benzene rings is 1. The molecule has 3 amide bonds. The van der Waals surface area contributed by atoms with E-state index >= 15 is 0 Å². The number of sulfonamides is 1. The number of amides is 3. The Morgan fingerprint density at radius 3 is 2.55 bits per heavy atom. The van der Waals surface area contributed by atoms with Crippen LogP contribution in [0.5, 0.6) is 5.75 Å². The van der Waals surface area contributed by atoms with Crippen molar-refractivity contribution in [2.45, 2.75) is 101 Å². The molecule has 47 heavy (non-hydrogen) atoms. The van der Waals surface area contributed by atoms with E-state index < -0.39 is 22.2 Å².